The Morgan fingerprint density at radius 3 is 2.43 bits per heavy atom. The zero-order valence-corrected chi connectivity index (χ0v) is 17.8. The number of hydrogen-bond donors (Lipinski definition) is 1. The largest absolute Gasteiger partial charge is 0.307 e. The molecular weight excluding hydrogens is 440 g/mol. The predicted octanol–water partition coefficient (Wildman–Crippen LogP) is 4.55. The summed E-state index contributed by atoms with van der Waals surface area (Å²) >= 11 is 8.33. The van der Waals surface area contributed by atoms with Crippen molar-refractivity contribution in [1.29, 1.82) is 0 Å². The Hall–Kier alpha value is -2.61. The first-order chi connectivity index (χ1) is 14.5. The van der Waals surface area contributed by atoms with Gasteiger partial charge in [-0.05, 0) is 29.8 Å². The number of hydrogen-bond acceptors (Lipinski definition) is 5. The lowest BCUT2D eigenvalue weighted by atomic mass is 9.88. The third-order valence-electron chi connectivity index (χ3n) is 5.25. The van der Waals surface area contributed by atoms with Crippen molar-refractivity contribution >= 4 is 58.3 Å². The molecule has 1 N–H and O–H groups in total. The lowest BCUT2D eigenvalue weighted by Crippen LogP contribution is -2.31. The molecule has 8 heteroatoms. The van der Waals surface area contributed by atoms with E-state index in [1.54, 1.807) is 24.3 Å². The number of nitrogens with zero attached hydrogens (tertiary/aromatic N) is 1. The van der Waals surface area contributed by atoms with Gasteiger partial charge < -0.3 is 4.98 Å². The number of nitrogens with one attached hydrogen (secondary N) is 1. The molecule has 3 aromatic rings. The molecule has 0 saturated carbocycles. The van der Waals surface area contributed by atoms with E-state index in [-0.39, 0.29) is 22.6 Å². The Morgan fingerprint density at radius 1 is 0.967 bits per heavy atom. The Bertz CT molecular complexity index is 1220. The van der Waals surface area contributed by atoms with Crippen LogP contribution in [0.4, 0.5) is 5.69 Å². The summed E-state index contributed by atoms with van der Waals surface area (Å²) in [5.74, 6) is -1.46. The fourth-order valence-corrected chi connectivity index (χ4v) is 6.50. The highest BCUT2D eigenvalue weighted by atomic mass is 35.5. The zero-order valence-electron chi connectivity index (χ0n) is 15.4. The van der Waals surface area contributed by atoms with Crippen LogP contribution in [-0.4, -0.2) is 22.0 Å². The Kier molecular flexibility index (Phi) is 4.89. The molecule has 1 aromatic heterocycles. The maximum absolute atomic E-state index is 13.4. The van der Waals surface area contributed by atoms with E-state index < -0.39 is 11.2 Å². The van der Waals surface area contributed by atoms with E-state index >= 15 is 0 Å². The third kappa shape index (κ3) is 3.23. The number of halogens is 1. The summed E-state index contributed by atoms with van der Waals surface area (Å²) in [4.78, 5) is 43.3. The number of H-pyrrole nitrogens is 1. The molecule has 30 heavy (non-hydrogen) atoms. The SMILES string of the molecule is O=C1[C@@H]2[C@H](/C=C/c3ccccc3)c3sc(=O)[nH]c3S[C@H]2C(=O)N1c1ccc(Cl)cc1. The first-order valence-corrected chi connectivity index (χ1v) is 11.4. The van der Waals surface area contributed by atoms with E-state index in [1.807, 2.05) is 42.5 Å². The summed E-state index contributed by atoms with van der Waals surface area (Å²) in [5, 5.41) is 0.623. The second kappa shape index (κ2) is 7.58. The number of amides is 2. The standard InChI is InChI=1S/C22H15ClN2O3S2/c23-13-7-9-14(10-8-13)25-20(26)16-15(11-6-12-4-2-1-3-5-12)17-19(24-22(28)30-17)29-18(16)21(25)27/h1-11,15-16,18H,(H,24,28)/b11-6+/t15-,16+,18+/m0/s1. The van der Waals surface area contributed by atoms with Crippen molar-refractivity contribution < 1.29 is 9.59 Å². The first kappa shape index (κ1) is 19.4. The number of thiazole rings is 1. The maximum Gasteiger partial charge on any atom is 0.305 e. The molecule has 0 spiro atoms. The third-order valence-corrected chi connectivity index (χ3v) is 7.92. The van der Waals surface area contributed by atoms with Gasteiger partial charge in [0, 0.05) is 15.8 Å². The Balaban J connectivity index is 1.57. The van der Waals surface area contributed by atoms with Crippen molar-refractivity contribution in [3.63, 3.8) is 0 Å². The van der Waals surface area contributed by atoms with Gasteiger partial charge in [-0.1, -0.05) is 77.2 Å². The fraction of sp³-hybridized carbons (Fsp3) is 0.136. The lowest BCUT2D eigenvalue weighted by Gasteiger charge is -2.27. The van der Waals surface area contributed by atoms with Crippen LogP contribution >= 0.6 is 34.7 Å². The van der Waals surface area contributed by atoms with Crippen LogP contribution in [0.25, 0.3) is 6.08 Å². The molecule has 0 radical (unpaired) electrons. The van der Waals surface area contributed by atoms with E-state index in [0.717, 1.165) is 21.8 Å². The quantitative estimate of drug-likeness (QED) is 0.589. The summed E-state index contributed by atoms with van der Waals surface area (Å²) in [5.41, 5.74) is 1.50. The molecule has 1 fully saturated rings. The number of carbonyl (C=O) groups excluding carboxylic acids is 2. The van der Waals surface area contributed by atoms with Gasteiger partial charge in [0.1, 0.15) is 5.25 Å². The van der Waals surface area contributed by atoms with Gasteiger partial charge in [0.25, 0.3) is 0 Å². The number of carbonyl (C=O) groups is 2. The van der Waals surface area contributed by atoms with Gasteiger partial charge >= 0.3 is 4.87 Å². The van der Waals surface area contributed by atoms with Crippen LogP contribution in [-0.2, 0) is 9.59 Å². The van der Waals surface area contributed by atoms with Crippen molar-refractivity contribution in [2.75, 3.05) is 4.90 Å². The number of anilines is 1. The summed E-state index contributed by atoms with van der Waals surface area (Å²) in [6.07, 6.45) is 3.88. The molecule has 2 aromatic carbocycles. The zero-order chi connectivity index (χ0) is 20.8. The molecule has 0 bridgehead atoms. The Morgan fingerprint density at radius 2 is 1.70 bits per heavy atom. The smallest absolute Gasteiger partial charge is 0.305 e. The van der Waals surface area contributed by atoms with Crippen LogP contribution < -0.4 is 9.77 Å². The van der Waals surface area contributed by atoms with Crippen LogP contribution in [0.3, 0.4) is 0 Å². The van der Waals surface area contributed by atoms with Crippen LogP contribution in [0, 0.1) is 5.92 Å². The number of allylic oxidation sites excluding steroid dienone is 1. The van der Waals surface area contributed by atoms with Gasteiger partial charge in [-0.3, -0.25) is 14.4 Å². The van der Waals surface area contributed by atoms with E-state index in [9.17, 15) is 14.4 Å². The number of rotatable bonds is 3. The minimum absolute atomic E-state index is 0.181. The van der Waals surface area contributed by atoms with Crippen molar-refractivity contribution in [2.24, 2.45) is 5.92 Å². The van der Waals surface area contributed by atoms with E-state index in [2.05, 4.69) is 4.98 Å². The maximum atomic E-state index is 13.4. The molecule has 5 rings (SSSR count). The molecule has 2 aliphatic rings. The van der Waals surface area contributed by atoms with Crippen molar-refractivity contribution in [3.05, 3.63) is 85.8 Å². The highest BCUT2D eigenvalue weighted by Crippen LogP contribution is 2.51. The van der Waals surface area contributed by atoms with Crippen LogP contribution in [0.15, 0.2) is 70.5 Å². The molecule has 150 valence electrons. The summed E-state index contributed by atoms with van der Waals surface area (Å²) < 4.78 is 0. The predicted molar refractivity (Wildman–Crippen MR) is 120 cm³/mol. The second-order valence-corrected chi connectivity index (χ2v) is 9.66. The van der Waals surface area contributed by atoms with Crippen LogP contribution in [0.1, 0.15) is 16.4 Å². The number of thioether (sulfide) groups is 1. The topological polar surface area (TPSA) is 70.2 Å². The van der Waals surface area contributed by atoms with Crippen molar-refractivity contribution in [3.8, 4) is 0 Å². The van der Waals surface area contributed by atoms with Gasteiger partial charge in [-0.25, -0.2) is 4.90 Å². The lowest BCUT2D eigenvalue weighted by molar-refractivity contribution is -0.122. The van der Waals surface area contributed by atoms with Gasteiger partial charge in [-0.15, -0.1) is 0 Å². The highest BCUT2D eigenvalue weighted by Gasteiger charge is 2.55. The van der Waals surface area contributed by atoms with Gasteiger partial charge in [-0.2, -0.15) is 0 Å². The average molecular weight is 455 g/mol. The molecule has 0 unspecified atom stereocenters. The van der Waals surface area contributed by atoms with E-state index in [0.29, 0.717) is 15.7 Å². The molecule has 3 heterocycles. The average Bonchev–Trinajstić information content (AvgIpc) is 3.24. The van der Waals surface area contributed by atoms with E-state index in [1.165, 1.54) is 16.7 Å². The number of imide groups is 1. The first-order valence-electron chi connectivity index (χ1n) is 9.29. The second-order valence-electron chi connectivity index (χ2n) is 7.06. The van der Waals surface area contributed by atoms with E-state index in [4.69, 9.17) is 11.6 Å². The molecular formula is C22H15ClN2O3S2. The molecule has 2 amide bonds. The Labute approximate surface area is 185 Å². The molecule has 1 saturated heterocycles. The van der Waals surface area contributed by atoms with Gasteiger partial charge in [0.15, 0.2) is 0 Å². The molecule has 0 aliphatic carbocycles. The fourth-order valence-electron chi connectivity index (χ4n) is 3.89. The van der Waals surface area contributed by atoms with Gasteiger partial charge in [0.05, 0.1) is 16.6 Å². The monoisotopic (exact) mass is 454 g/mol. The summed E-state index contributed by atoms with van der Waals surface area (Å²) in [7, 11) is 0. The van der Waals surface area contributed by atoms with Crippen LogP contribution in [0.2, 0.25) is 5.02 Å². The molecule has 2 aliphatic heterocycles. The van der Waals surface area contributed by atoms with Gasteiger partial charge in [0.2, 0.25) is 11.8 Å². The number of fused-ring (bicyclic) bond motifs is 2. The minimum Gasteiger partial charge on any atom is -0.307 e. The van der Waals surface area contributed by atoms with Crippen LogP contribution in [0.5, 0.6) is 0 Å². The van der Waals surface area contributed by atoms with Crippen molar-refractivity contribution in [2.45, 2.75) is 16.2 Å². The number of benzene rings is 2. The highest BCUT2D eigenvalue weighted by molar-refractivity contribution is 8.00. The van der Waals surface area contributed by atoms with Crippen molar-refractivity contribution in [1.82, 2.24) is 4.98 Å². The summed E-state index contributed by atoms with van der Waals surface area (Å²) in [6, 6.07) is 16.4. The molecule has 5 nitrogen and oxygen atoms in total. The molecule has 3 atom stereocenters. The normalized spacial score (nSPS) is 23.1. The number of aromatic amines is 1. The number of aromatic nitrogens is 1. The minimum atomic E-state index is -0.587. The summed E-state index contributed by atoms with van der Waals surface area (Å²) in [6.45, 7) is 0.